The van der Waals surface area contributed by atoms with Crippen molar-refractivity contribution in [1.82, 2.24) is 9.97 Å². The molecule has 0 saturated carbocycles. The van der Waals surface area contributed by atoms with Gasteiger partial charge in [0.2, 0.25) is 5.95 Å². The van der Waals surface area contributed by atoms with Gasteiger partial charge in [0.25, 0.3) is 0 Å². The largest absolute Gasteiger partial charge is 0.491 e. The molecule has 2 N–H and O–H groups in total. The summed E-state index contributed by atoms with van der Waals surface area (Å²) < 4.78 is 5.63. The van der Waals surface area contributed by atoms with E-state index in [4.69, 9.17) is 4.74 Å². The molecule has 22 heavy (non-hydrogen) atoms. The molecule has 2 rings (SSSR count). The van der Waals surface area contributed by atoms with E-state index in [-0.39, 0.29) is 6.10 Å². The van der Waals surface area contributed by atoms with Crippen LogP contribution in [0.3, 0.4) is 0 Å². The SMILES string of the molecule is CCCNc1cc(C)nc(Nc2ccc(OC(C)C)cc2)n1. The fraction of sp³-hybridized carbons (Fsp3) is 0.412. The molecule has 0 aliphatic heterocycles. The van der Waals surface area contributed by atoms with Crippen molar-refractivity contribution in [3.63, 3.8) is 0 Å². The first-order chi connectivity index (χ1) is 10.6. The Morgan fingerprint density at radius 3 is 2.50 bits per heavy atom. The van der Waals surface area contributed by atoms with Gasteiger partial charge in [-0.25, -0.2) is 4.98 Å². The van der Waals surface area contributed by atoms with Gasteiger partial charge < -0.3 is 15.4 Å². The van der Waals surface area contributed by atoms with Gasteiger partial charge in [-0.05, 0) is 51.5 Å². The molecular formula is C17H24N4O. The van der Waals surface area contributed by atoms with Crippen molar-refractivity contribution in [2.45, 2.75) is 40.2 Å². The van der Waals surface area contributed by atoms with Crippen LogP contribution in [-0.2, 0) is 0 Å². The van der Waals surface area contributed by atoms with E-state index in [0.717, 1.165) is 35.9 Å². The second-order valence-corrected chi connectivity index (χ2v) is 5.46. The van der Waals surface area contributed by atoms with Crippen LogP contribution >= 0.6 is 0 Å². The lowest BCUT2D eigenvalue weighted by Gasteiger charge is -2.11. The monoisotopic (exact) mass is 300 g/mol. The van der Waals surface area contributed by atoms with Crippen molar-refractivity contribution in [2.24, 2.45) is 0 Å². The van der Waals surface area contributed by atoms with Gasteiger partial charge in [0.05, 0.1) is 6.10 Å². The molecule has 0 fully saturated rings. The summed E-state index contributed by atoms with van der Waals surface area (Å²) in [4.78, 5) is 8.89. The predicted octanol–water partition coefficient (Wildman–Crippen LogP) is 4.14. The summed E-state index contributed by atoms with van der Waals surface area (Å²) in [7, 11) is 0. The number of benzene rings is 1. The Bertz CT molecular complexity index is 596. The first-order valence-corrected chi connectivity index (χ1v) is 7.70. The van der Waals surface area contributed by atoms with Crippen LogP contribution in [0.15, 0.2) is 30.3 Å². The lowest BCUT2D eigenvalue weighted by atomic mass is 10.3. The van der Waals surface area contributed by atoms with Crippen molar-refractivity contribution in [3.8, 4) is 5.75 Å². The molecule has 0 radical (unpaired) electrons. The Labute approximate surface area is 132 Å². The Balaban J connectivity index is 2.07. The minimum Gasteiger partial charge on any atom is -0.491 e. The highest BCUT2D eigenvalue weighted by molar-refractivity contribution is 5.56. The van der Waals surface area contributed by atoms with Crippen molar-refractivity contribution >= 4 is 17.5 Å². The minimum atomic E-state index is 0.172. The first-order valence-electron chi connectivity index (χ1n) is 7.70. The fourth-order valence-electron chi connectivity index (χ4n) is 1.99. The van der Waals surface area contributed by atoms with Crippen LogP contribution in [0.1, 0.15) is 32.9 Å². The molecule has 5 nitrogen and oxygen atoms in total. The molecule has 0 amide bonds. The number of ether oxygens (including phenoxy) is 1. The summed E-state index contributed by atoms with van der Waals surface area (Å²) in [5.41, 5.74) is 1.86. The smallest absolute Gasteiger partial charge is 0.229 e. The van der Waals surface area contributed by atoms with Crippen LogP contribution in [-0.4, -0.2) is 22.6 Å². The molecule has 1 aromatic heterocycles. The predicted molar refractivity (Wildman–Crippen MR) is 91.0 cm³/mol. The van der Waals surface area contributed by atoms with Gasteiger partial charge >= 0.3 is 0 Å². The summed E-state index contributed by atoms with van der Waals surface area (Å²) in [6.07, 6.45) is 1.23. The van der Waals surface area contributed by atoms with Gasteiger partial charge in [0.1, 0.15) is 11.6 Å². The molecule has 118 valence electrons. The lowest BCUT2D eigenvalue weighted by Crippen LogP contribution is -2.06. The molecular weight excluding hydrogens is 276 g/mol. The first kappa shape index (κ1) is 16.1. The third kappa shape index (κ3) is 4.91. The zero-order valence-corrected chi connectivity index (χ0v) is 13.7. The number of aryl methyl sites for hydroxylation is 1. The van der Waals surface area contributed by atoms with Crippen molar-refractivity contribution in [1.29, 1.82) is 0 Å². The van der Waals surface area contributed by atoms with E-state index in [0.29, 0.717) is 5.95 Å². The second-order valence-electron chi connectivity index (χ2n) is 5.46. The van der Waals surface area contributed by atoms with E-state index in [1.165, 1.54) is 0 Å². The Morgan fingerprint density at radius 1 is 1.14 bits per heavy atom. The lowest BCUT2D eigenvalue weighted by molar-refractivity contribution is 0.242. The van der Waals surface area contributed by atoms with E-state index in [1.807, 2.05) is 51.1 Å². The molecule has 1 heterocycles. The molecule has 0 saturated heterocycles. The molecule has 1 aromatic carbocycles. The third-order valence-electron chi connectivity index (χ3n) is 2.89. The number of nitrogens with one attached hydrogen (secondary N) is 2. The molecule has 0 aliphatic rings. The number of hydrogen-bond acceptors (Lipinski definition) is 5. The number of hydrogen-bond donors (Lipinski definition) is 2. The Hall–Kier alpha value is -2.30. The van der Waals surface area contributed by atoms with Crippen LogP contribution in [0.2, 0.25) is 0 Å². The van der Waals surface area contributed by atoms with Crippen LogP contribution in [0.4, 0.5) is 17.5 Å². The average molecular weight is 300 g/mol. The molecule has 2 aromatic rings. The van der Waals surface area contributed by atoms with Crippen LogP contribution in [0, 0.1) is 6.92 Å². The molecule has 0 bridgehead atoms. The third-order valence-corrected chi connectivity index (χ3v) is 2.89. The van der Waals surface area contributed by atoms with Crippen LogP contribution < -0.4 is 15.4 Å². The second kappa shape index (κ2) is 7.64. The topological polar surface area (TPSA) is 59.1 Å². The molecule has 0 unspecified atom stereocenters. The summed E-state index contributed by atoms with van der Waals surface area (Å²) >= 11 is 0. The quantitative estimate of drug-likeness (QED) is 0.805. The Kier molecular flexibility index (Phi) is 5.58. The molecule has 5 heteroatoms. The standard InChI is InChI=1S/C17H24N4O/c1-5-10-18-16-11-13(4)19-17(21-16)20-14-6-8-15(9-7-14)22-12(2)3/h6-9,11-12H,5,10H2,1-4H3,(H2,18,19,20,21). The molecule has 0 atom stereocenters. The molecule has 0 spiro atoms. The highest BCUT2D eigenvalue weighted by Crippen LogP contribution is 2.20. The normalized spacial score (nSPS) is 10.6. The summed E-state index contributed by atoms with van der Waals surface area (Å²) in [6.45, 7) is 9.01. The van der Waals surface area contributed by atoms with Crippen molar-refractivity contribution in [2.75, 3.05) is 17.2 Å². The maximum atomic E-state index is 5.63. The zero-order chi connectivity index (χ0) is 15.9. The van der Waals surface area contributed by atoms with Gasteiger partial charge in [0.15, 0.2) is 0 Å². The summed E-state index contributed by atoms with van der Waals surface area (Å²) in [5, 5.41) is 6.51. The summed E-state index contributed by atoms with van der Waals surface area (Å²) in [6, 6.07) is 9.74. The van der Waals surface area contributed by atoms with Gasteiger partial charge in [-0.1, -0.05) is 6.92 Å². The van der Waals surface area contributed by atoms with Gasteiger partial charge in [0, 0.05) is 24.0 Å². The van der Waals surface area contributed by atoms with E-state index >= 15 is 0 Å². The Morgan fingerprint density at radius 2 is 1.86 bits per heavy atom. The van der Waals surface area contributed by atoms with E-state index in [2.05, 4.69) is 27.5 Å². The average Bonchev–Trinajstić information content (AvgIpc) is 2.46. The maximum Gasteiger partial charge on any atom is 0.229 e. The van der Waals surface area contributed by atoms with Crippen LogP contribution in [0.5, 0.6) is 5.75 Å². The van der Waals surface area contributed by atoms with E-state index < -0.39 is 0 Å². The number of rotatable bonds is 7. The maximum absolute atomic E-state index is 5.63. The minimum absolute atomic E-state index is 0.172. The van der Waals surface area contributed by atoms with E-state index in [1.54, 1.807) is 0 Å². The van der Waals surface area contributed by atoms with Gasteiger partial charge in [-0.15, -0.1) is 0 Å². The highest BCUT2D eigenvalue weighted by atomic mass is 16.5. The van der Waals surface area contributed by atoms with E-state index in [9.17, 15) is 0 Å². The molecule has 0 aliphatic carbocycles. The van der Waals surface area contributed by atoms with Crippen molar-refractivity contribution < 1.29 is 4.74 Å². The van der Waals surface area contributed by atoms with Crippen molar-refractivity contribution in [3.05, 3.63) is 36.0 Å². The number of aromatic nitrogens is 2. The fourth-order valence-corrected chi connectivity index (χ4v) is 1.99. The van der Waals surface area contributed by atoms with Gasteiger partial charge in [-0.3, -0.25) is 0 Å². The van der Waals surface area contributed by atoms with Gasteiger partial charge in [-0.2, -0.15) is 4.98 Å². The highest BCUT2D eigenvalue weighted by Gasteiger charge is 2.03. The zero-order valence-electron chi connectivity index (χ0n) is 13.7. The van der Waals surface area contributed by atoms with Crippen LogP contribution in [0.25, 0.3) is 0 Å². The number of anilines is 3. The summed E-state index contributed by atoms with van der Waals surface area (Å²) in [5.74, 6) is 2.30. The number of nitrogens with zero attached hydrogens (tertiary/aromatic N) is 2.